The molecule has 0 spiro atoms. The standard InChI is InChI=1S/C25H36N4O2/c1-7-12-28(13-8-2)19(5)25(30)29-15-21(16-29)31-23-14-22(26-20(6)27-23)24-17(3)10-9-11-18(24)4/h9-11,14,19,21H,7-8,12-13,15-16H2,1-6H3/t19-/m1/s1. The van der Waals surface area contributed by atoms with Crippen LogP contribution in [0.15, 0.2) is 24.3 Å². The molecule has 2 aromatic rings. The van der Waals surface area contributed by atoms with Crippen LogP contribution in [-0.2, 0) is 4.79 Å². The summed E-state index contributed by atoms with van der Waals surface area (Å²) in [6.07, 6.45) is 2.08. The predicted octanol–water partition coefficient (Wildman–Crippen LogP) is 4.17. The zero-order valence-electron chi connectivity index (χ0n) is 19.8. The van der Waals surface area contributed by atoms with Gasteiger partial charge in [0.05, 0.1) is 24.8 Å². The summed E-state index contributed by atoms with van der Waals surface area (Å²) in [5.41, 5.74) is 4.38. The number of benzene rings is 1. The molecule has 6 heteroatoms. The summed E-state index contributed by atoms with van der Waals surface area (Å²) in [7, 11) is 0. The van der Waals surface area contributed by atoms with E-state index in [4.69, 9.17) is 4.74 Å². The highest BCUT2D eigenvalue weighted by Gasteiger charge is 2.36. The molecule has 1 saturated heterocycles. The number of aromatic nitrogens is 2. The van der Waals surface area contributed by atoms with E-state index < -0.39 is 0 Å². The van der Waals surface area contributed by atoms with Crippen LogP contribution < -0.4 is 4.74 Å². The fourth-order valence-electron chi connectivity index (χ4n) is 4.30. The minimum atomic E-state index is -0.0854. The van der Waals surface area contributed by atoms with Crippen molar-refractivity contribution < 1.29 is 9.53 Å². The first-order chi connectivity index (χ1) is 14.8. The van der Waals surface area contributed by atoms with E-state index in [2.05, 4.69) is 60.8 Å². The molecule has 2 heterocycles. The van der Waals surface area contributed by atoms with Crippen molar-refractivity contribution in [3.8, 4) is 17.1 Å². The molecule has 0 N–H and O–H groups in total. The molecule has 0 aliphatic carbocycles. The van der Waals surface area contributed by atoms with Crippen molar-refractivity contribution in [1.29, 1.82) is 0 Å². The molecule has 1 atom stereocenters. The number of rotatable bonds is 9. The summed E-state index contributed by atoms with van der Waals surface area (Å²) in [5, 5.41) is 0. The second-order valence-corrected chi connectivity index (χ2v) is 8.60. The van der Waals surface area contributed by atoms with E-state index in [0.717, 1.165) is 37.2 Å². The van der Waals surface area contributed by atoms with Crippen LogP contribution in [-0.4, -0.2) is 64.0 Å². The van der Waals surface area contributed by atoms with Crippen molar-refractivity contribution in [2.45, 2.75) is 66.5 Å². The van der Waals surface area contributed by atoms with Gasteiger partial charge in [0.1, 0.15) is 11.9 Å². The molecule has 0 bridgehead atoms. The van der Waals surface area contributed by atoms with Crippen LogP contribution >= 0.6 is 0 Å². The number of amides is 1. The first kappa shape index (κ1) is 23.2. The maximum atomic E-state index is 12.9. The SMILES string of the molecule is CCCN(CCC)[C@H](C)C(=O)N1CC(Oc2cc(-c3c(C)cccc3C)nc(C)n2)C1. The van der Waals surface area contributed by atoms with Gasteiger partial charge in [-0.3, -0.25) is 9.69 Å². The third kappa shape index (κ3) is 5.42. The summed E-state index contributed by atoms with van der Waals surface area (Å²) in [6.45, 7) is 15.5. The van der Waals surface area contributed by atoms with Gasteiger partial charge >= 0.3 is 0 Å². The summed E-state index contributed by atoms with van der Waals surface area (Å²) in [4.78, 5) is 26.2. The Labute approximate surface area is 186 Å². The topological polar surface area (TPSA) is 58.6 Å². The summed E-state index contributed by atoms with van der Waals surface area (Å²) in [5.74, 6) is 1.46. The van der Waals surface area contributed by atoms with E-state index in [1.807, 2.05) is 24.8 Å². The lowest BCUT2D eigenvalue weighted by Crippen LogP contribution is -2.60. The smallest absolute Gasteiger partial charge is 0.239 e. The van der Waals surface area contributed by atoms with Gasteiger partial charge in [-0.1, -0.05) is 32.0 Å². The van der Waals surface area contributed by atoms with Crippen LogP contribution in [0.2, 0.25) is 0 Å². The Morgan fingerprint density at radius 2 is 1.74 bits per heavy atom. The highest BCUT2D eigenvalue weighted by atomic mass is 16.5. The van der Waals surface area contributed by atoms with Crippen LogP contribution in [0, 0.1) is 20.8 Å². The summed E-state index contributed by atoms with van der Waals surface area (Å²) in [6, 6.07) is 8.08. The molecule has 1 aliphatic heterocycles. The number of ether oxygens (including phenoxy) is 1. The molecule has 31 heavy (non-hydrogen) atoms. The van der Waals surface area contributed by atoms with E-state index in [9.17, 15) is 4.79 Å². The Hall–Kier alpha value is -2.47. The van der Waals surface area contributed by atoms with Gasteiger partial charge in [-0.05, 0) is 64.8 Å². The van der Waals surface area contributed by atoms with Crippen molar-refractivity contribution >= 4 is 5.91 Å². The maximum absolute atomic E-state index is 12.9. The minimum absolute atomic E-state index is 0.0259. The van der Waals surface area contributed by atoms with Crippen molar-refractivity contribution in [2.75, 3.05) is 26.2 Å². The lowest BCUT2D eigenvalue weighted by molar-refractivity contribution is -0.145. The third-order valence-electron chi connectivity index (χ3n) is 5.93. The molecular formula is C25H36N4O2. The number of aryl methyl sites for hydroxylation is 3. The van der Waals surface area contributed by atoms with Gasteiger partial charge in [-0.25, -0.2) is 4.98 Å². The quantitative estimate of drug-likeness (QED) is 0.605. The predicted molar refractivity (Wildman–Crippen MR) is 124 cm³/mol. The maximum Gasteiger partial charge on any atom is 0.239 e. The molecule has 6 nitrogen and oxygen atoms in total. The van der Waals surface area contributed by atoms with E-state index in [0.29, 0.717) is 24.8 Å². The van der Waals surface area contributed by atoms with E-state index in [1.165, 1.54) is 11.1 Å². The van der Waals surface area contributed by atoms with Gasteiger partial charge in [0.2, 0.25) is 11.8 Å². The number of carbonyl (C=O) groups is 1. The summed E-state index contributed by atoms with van der Waals surface area (Å²) >= 11 is 0. The molecule has 1 aliphatic rings. The molecule has 1 aromatic heterocycles. The second kappa shape index (κ2) is 10.2. The molecule has 1 amide bonds. The molecule has 1 fully saturated rings. The zero-order valence-corrected chi connectivity index (χ0v) is 19.8. The number of nitrogens with zero attached hydrogens (tertiary/aromatic N) is 4. The molecular weight excluding hydrogens is 388 g/mol. The van der Waals surface area contributed by atoms with E-state index in [-0.39, 0.29) is 18.1 Å². The van der Waals surface area contributed by atoms with Crippen molar-refractivity contribution in [3.63, 3.8) is 0 Å². The van der Waals surface area contributed by atoms with Crippen molar-refractivity contribution in [3.05, 3.63) is 41.2 Å². The fourth-order valence-corrected chi connectivity index (χ4v) is 4.30. The van der Waals surface area contributed by atoms with Crippen molar-refractivity contribution in [1.82, 2.24) is 19.8 Å². The van der Waals surface area contributed by atoms with Gasteiger partial charge in [-0.2, -0.15) is 4.98 Å². The van der Waals surface area contributed by atoms with Crippen LogP contribution in [0.5, 0.6) is 5.88 Å². The number of likely N-dealkylation sites (tertiary alicyclic amines) is 1. The Kier molecular flexibility index (Phi) is 7.65. The lowest BCUT2D eigenvalue weighted by atomic mass is 10.00. The van der Waals surface area contributed by atoms with Crippen LogP contribution in [0.4, 0.5) is 0 Å². The Balaban J connectivity index is 1.64. The number of hydrogen-bond acceptors (Lipinski definition) is 5. The minimum Gasteiger partial charge on any atom is -0.470 e. The molecule has 1 aromatic carbocycles. The summed E-state index contributed by atoms with van der Waals surface area (Å²) < 4.78 is 6.13. The Bertz CT molecular complexity index is 882. The van der Waals surface area contributed by atoms with Gasteiger partial charge in [0.15, 0.2) is 0 Å². The molecule has 0 radical (unpaired) electrons. The zero-order chi connectivity index (χ0) is 22.5. The first-order valence-corrected chi connectivity index (χ1v) is 11.5. The van der Waals surface area contributed by atoms with Gasteiger partial charge in [-0.15, -0.1) is 0 Å². The van der Waals surface area contributed by atoms with Crippen LogP contribution in [0.3, 0.4) is 0 Å². The normalized spacial score (nSPS) is 15.1. The van der Waals surface area contributed by atoms with Gasteiger partial charge in [0, 0.05) is 11.6 Å². The van der Waals surface area contributed by atoms with E-state index in [1.54, 1.807) is 0 Å². The average molecular weight is 425 g/mol. The molecule has 0 unspecified atom stereocenters. The average Bonchev–Trinajstić information content (AvgIpc) is 2.69. The Morgan fingerprint density at radius 3 is 2.32 bits per heavy atom. The Morgan fingerprint density at radius 1 is 1.13 bits per heavy atom. The van der Waals surface area contributed by atoms with Gasteiger partial charge in [0.25, 0.3) is 0 Å². The number of hydrogen-bond donors (Lipinski definition) is 0. The molecule has 168 valence electrons. The van der Waals surface area contributed by atoms with Gasteiger partial charge < -0.3 is 9.64 Å². The highest BCUT2D eigenvalue weighted by Crippen LogP contribution is 2.28. The largest absolute Gasteiger partial charge is 0.470 e. The van der Waals surface area contributed by atoms with E-state index >= 15 is 0 Å². The van der Waals surface area contributed by atoms with Crippen LogP contribution in [0.25, 0.3) is 11.3 Å². The second-order valence-electron chi connectivity index (χ2n) is 8.60. The third-order valence-corrected chi connectivity index (χ3v) is 5.93. The van der Waals surface area contributed by atoms with Crippen molar-refractivity contribution in [2.24, 2.45) is 0 Å². The first-order valence-electron chi connectivity index (χ1n) is 11.5. The van der Waals surface area contributed by atoms with Crippen LogP contribution in [0.1, 0.15) is 50.6 Å². The number of carbonyl (C=O) groups excluding carboxylic acids is 1. The fraction of sp³-hybridized carbons (Fsp3) is 0.560. The monoisotopic (exact) mass is 424 g/mol. The highest BCUT2D eigenvalue weighted by molar-refractivity contribution is 5.82. The molecule has 0 saturated carbocycles. The lowest BCUT2D eigenvalue weighted by Gasteiger charge is -2.41. The molecule has 3 rings (SSSR count).